The number of halogens is 2. The number of carboxylic acids is 1. The average molecular weight is 329 g/mol. The van der Waals surface area contributed by atoms with Crippen molar-refractivity contribution >= 4 is 34.9 Å². The number of non-ortho nitro benzene ring substituents is 1. The van der Waals surface area contributed by atoms with E-state index < -0.39 is 22.1 Å². The summed E-state index contributed by atoms with van der Waals surface area (Å²) >= 11 is 11.6. The molecule has 108 valence electrons. The average Bonchev–Trinajstić information content (AvgIpc) is 2.40. The van der Waals surface area contributed by atoms with Crippen LogP contribution in [0, 0.1) is 10.1 Å². The molecule has 1 N–H and O–H groups in total. The predicted molar refractivity (Wildman–Crippen MR) is 74.4 cm³/mol. The van der Waals surface area contributed by atoms with Crippen molar-refractivity contribution in [2.45, 2.75) is 0 Å². The van der Waals surface area contributed by atoms with E-state index in [2.05, 4.69) is 4.98 Å². The van der Waals surface area contributed by atoms with Crippen LogP contribution < -0.4 is 4.74 Å². The third-order valence-corrected chi connectivity index (χ3v) is 2.86. The number of nitro benzene ring substituents is 1. The largest absolute Gasteiger partial charge is 0.478 e. The van der Waals surface area contributed by atoms with Crippen LogP contribution >= 0.6 is 23.2 Å². The fourth-order valence-electron chi connectivity index (χ4n) is 1.51. The predicted octanol–water partition coefficient (Wildman–Crippen LogP) is 3.79. The molecule has 0 aliphatic heterocycles. The second-order valence-electron chi connectivity index (χ2n) is 3.81. The molecule has 0 unspecified atom stereocenters. The van der Waals surface area contributed by atoms with Crippen LogP contribution in [0.3, 0.4) is 0 Å². The van der Waals surface area contributed by atoms with E-state index in [-0.39, 0.29) is 21.5 Å². The number of pyridine rings is 1. The summed E-state index contributed by atoms with van der Waals surface area (Å²) in [5.74, 6) is -1.48. The number of rotatable bonds is 4. The summed E-state index contributed by atoms with van der Waals surface area (Å²) in [6.45, 7) is 0. The number of hydrogen-bond donors (Lipinski definition) is 1. The molecule has 0 saturated carbocycles. The third-order valence-electron chi connectivity index (χ3n) is 2.37. The molecule has 1 aromatic carbocycles. The van der Waals surface area contributed by atoms with Gasteiger partial charge in [-0.25, -0.2) is 4.79 Å². The summed E-state index contributed by atoms with van der Waals surface area (Å²) in [6, 6.07) is 3.26. The van der Waals surface area contributed by atoms with E-state index in [0.29, 0.717) is 0 Å². The van der Waals surface area contributed by atoms with Gasteiger partial charge in [0, 0.05) is 24.4 Å². The van der Waals surface area contributed by atoms with Crippen LogP contribution in [-0.4, -0.2) is 21.0 Å². The molecule has 2 aromatic rings. The molecule has 21 heavy (non-hydrogen) atoms. The van der Waals surface area contributed by atoms with Crippen molar-refractivity contribution in [3.8, 4) is 11.5 Å². The summed E-state index contributed by atoms with van der Waals surface area (Å²) in [4.78, 5) is 25.0. The van der Waals surface area contributed by atoms with E-state index in [9.17, 15) is 14.9 Å². The van der Waals surface area contributed by atoms with Gasteiger partial charge in [-0.15, -0.1) is 0 Å². The van der Waals surface area contributed by atoms with E-state index in [1.54, 1.807) is 0 Å². The zero-order valence-electron chi connectivity index (χ0n) is 10.1. The lowest BCUT2D eigenvalue weighted by Crippen LogP contribution is -2.02. The van der Waals surface area contributed by atoms with Crippen molar-refractivity contribution in [3.63, 3.8) is 0 Å². The fourth-order valence-corrected chi connectivity index (χ4v) is 1.93. The second kappa shape index (κ2) is 5.94. The number of carbonyl (C=O) groups is 1. The van der Waals surface area contributed by atoms with Gasteiger partial charge in [0.15, 0.2) is 5.75 Å². The van der Waals surface area contributed by atoms with Crippen LogP contribution in [0.15, 0.2) is 30.6 Å². The summed E-state index contributed by atoms with van der Waals surface area (Å²) in [5.41, 5.74) is -0.886. The van der Waals surface area contributed by atoms with Gasteiger partial charge in [0.25, 0.3) is 5.69 Å². The Bertz CT molecular complexity index is 736. The van der Waals surface area contributed by atoms with Crippen molar-refractivity contribution < 1.29 is 19.6 Å². The van der Waals surface area contributed by atoms with E-state index in [4.69, 9.17) is 33.0 Å². The quantitative estimate of drug-likeness (QED) is 0.676. The minimum atomic E-state index is -1.41. The smallest absolute Gasteiger partial charge is 0.339 e. The maximum atomic E-state index is 11.2. The fraction of sp³-hybridized carbons (Fsp3) is 0. The topological polar surface area (TPSA) is 103 Å². The molecule has 9 heteroatoms. The molecule has 2 rings (SSSR count). The van der Waals surface area contributed by atoms with Crippen molar-refractivity contribution in [1.82, 2.24) is 4.98 Å². The number of nitro groups is 1. The number of hydrogen-bond acceptors (Lipinski definition) is 5. The maximum absolute atomic E-state index is 11.2. The molecule has 0 atom stereocenters. The first-order valence-corrected chi connectivity index (χ1v) is 6.13. The van der Waals surface area contributed by atoms with Crippen LogP contribution in [0.5, 0.6) is 11.5 Å². The normalized spacial score (nSPS) is 10.2. The first kappa shape index (κ1) is 15.0. The van der Waals surface area contributed by atoms with Gasteiger partial charge in [-0.2, -0.15) is 0 Å². The van der Waals surface area contributed by atoms with Crippen molar-refractivity contribution in [3.05, 3.63) is 56.3 Å². The summed E-state index contributed by atoms with van der Waals surface area (Å²) in [7, 11) is 0. The highest BCUT2D eigenvalue weighted by Gasteiger charge is 2.22. The van der Waals surface area contributed by atoms with Gasteiger partial charge in [-0.05, 0) is 0 Å². The monoisotopic (exact) mass is 328 g/mol. The van der Waals surface area contributed by atoms with Crippen molar-refractivity contribution in [1.29, 1.82) is 0 Å². The zero-order chi connectivity index (χ0) is 15.6. The van der Waals surface area contributed by atoms with Crippen molar-refractivity contribution in [2.75, 3.05) is 0 Å². The van der Waals surface area contributed by atoms with Crippen LogP contribution in [0.1, 0.15) is 10.4 Å². The minimum Gasteiger partial charge on any atom is -0.478 e. The molecule has 0 saturated heterocycles. The van der Waals surface area contributed by atoms with Crippen LogP contribution in [0.2, 0.25) is 10.0 Å². The van der Waals surface area contributed by atoms with Crippen LogP contribution in [-0.2, 0) is 0 Å². The summed E-state index contributed by atoms with van der Waals surface area (Å²) in [6.07, 6.45) is 2.67. The van der Waals surface area contributed by atoms with E-state index in [0.717, 1.165) is 12.1 Å². The molecular weight excluding hydrogens is 323 g/mol. The first-order chi connectivity index (χ1) is 9.88. The van der Waals surface area contributed by atoms with Gasteiger partial charge in [-0.3, -0.25) is 15.1 Å². The van der Waals surface area contributed by atoms with Gasteiger partial charge in [0.2, 0.25) is 0 Å². The summed E-state index contributed by atoms with van der Waals surface area (Å²) in [5, 5.41) is 19.9. The first-order valence-electron chi connectivity index (χ1n) is 5.38. The Morgan fingerprint density at radius 2 is 2.00 bits per heavy atom. The Morgan fingerprint density at radius 3 is 2.57 bits per heavy atom. The Labute approximate surface area is 127 Å². The molecule has 0 spiro atoms. The van der Waals surface area contributed by atoms with Crippen LogP contribution in [0.25, 0.3) is 0 Å². The molecule has 0 bridgehead atoms. The van der Waals surface area contributed by atoms with Gasteiger partial charge in [0.1, 0.15) is 11.3 Å². The zero-order valence-corrected chi connectivity index (χ0v) is 11.6. The Balaban J connectivity index is 2.52. The standard InChI is InChI=1S/C12H6Cl2N2O5/c13-6-1-8(5-15-4-6)21-11-9(12(17)18)2-7(16(19)20)3-10(11)14/h1-5H,(H,17,18). The van der Waals surface area contributed by atoms with Crippen molar-refractivity contribution in [2.24, 2.45) is 0 Å². The van der Waals surface area contributed by atoms with E-state index in [1.165, 1.54) is 18.5 Å². The highest BCUT2D eigenvalue weighted by Crippen LogP contribution is 2.36. The minimum absolute atomic E-state index is 0.153. The van der Waals surface area contributed by atoms with Gasteiger partial charge in [-0.1, -0.05) is 23.2 Å². The number of aromatic carboxylic acids is 1. The van der Waals surface area contributed by atoms with Gasteiger partial charge in [0.05, 0.1) is 21.2 Å². The van der Waals surface area contributed by atoms with Gasteiger partial charge >= 0.3 is 5.97 Å². The highest BCUT2D eigenvalue weighted by atomic mass is 35.5. The lowest BCUT2D eigenvalue weighted by Gasteiger charge is -2.10. The lowest BCUT2D eigenvalue weighted by atomic mass is 10.1. The number of ether oxygens (including phenoxy) is 1. The molecular formula is C12H6Cl2N2O5. The molecule has 1 aromatic heterocycles. The molecule has 0 fully saturated rings. The second-order valence-corrected chi connectivity index (χ2v) is 4.65. The number of nitrogens with zero attached hydrogens (tertiary/aromatic N) is 2. The molecule has 7 nitrogen and oxygen atoms in total. The molecule has 0 aliphatic carbocycles. The molecule has 0 radical (unpaired) electrons. The Hall–Kier alpha value is -2.38. The molecule has 0 amide bonds. The third kappa shape index (κ3) is 3.39. The molecule has 1 heterocycles. The number of benzene rings is 1. The van der Waals surface area contributed by atoms with Gasteiger partial charge < -0.3 is 9.84 Å². The number of aromatic nitrogens is 1. The van der Waals surface area contributed by atoms with E-state index >= 15 is 0 Å². The SMILES string of the molecule is O=C(O)c1cc([N+](=O)[O-])cc(Cl)c1Oc1cncc(Cl)c1. The maximum Gasteiger partial charge on any atom is 0.339 e. The number of carboxylic acid groups (broad SMARTS) is 1. The highest BCUT2D eigenvalue weighted by molar-refractivity contribution is 6.33. The lowest BCUT2D eigenvalue weighted by molar-refractivity contribution is -0.384. The Kier molecular flexibility index (Phi) is 4.25. The van der Waals surface area contributed by atoms with E-state index in [1.807, 2.05) is 0 Å². The molecule has 0 aliphatic rings. The summed E-state index contributed by atoms with van der Waals surface area (Å²) < 4.78 is 5.33. The Morgan fingerprint density at radius 1 is 1.29 bits per heavy atom. The van der Waals surface area contributed by atoms with Crippen LogP contribution in [0.4, 0.5) is 5.69 Å².